The number of halogens is 1. The van der Waals surface area contributed by atoms with Crippen molar-refractivity contribution in [1.29, 1.82) is 0 Å². The minimum absolute atomic E-state index is 0.213. The van der Waals surface area contributed by atoms with Crippen LogP contribution in [-0.4, -0.2) is 28.2 Å². The molecule has 0 spiro atoms. The number of nitrogens with one attached hydrogen (secondary N) is 1. The van der Waals surface area contributed by atoms with E-state index in [4.69, 9.17) is 0 Å². The average Bonchev–Trinajstić information content (AvgIpc) is 2.97. The fourth-order valence-corrected chi connectivity index (χ4v) is 4.59. The van der Waals surface area contributed by atoms with Gasteiger partial charge in [0.15, 0.2) is 17.3 Å². The van der Waals surface area contributed by atoms with Crippen molar-refractivity contribution in [2.24, 2.45) is 0 Å². The lowest BCUT2D eigenvalue weighted by atomic mass is 10.5. The summed E-state index contributed by atoms with van der Waals surface area (Å²) in [7, 11) is -3.64. The smallest absolute Gasteiger partial charge is 0.261 e. The van der Waals surface area contributed by atoms with Gasteiger partial charge in [0.25, 0.3) is 10.0 Å². The zero-order chi connectivity index (χ0) is 14.3. The fraction of sp³-hybridized carbons (Fsp3) is 0.100. The summed E-state index contributed by atoms with van der Waals surface area (Å²) in [5.41, 5.74) is 0.560. The molecule has 20 heavy (non-hydrogen) atoms. The van der Waals surface area contributed by atoms with Crippen LogP contribution in [0.15, 0.2) is 32.3 Å². The van der Waals surface area contributed by atoms with E-state index in [9.17, 15) is 8.42 Å². The van der Waals surface area contributed by atoms with Crippen LogP contribution in [0.5, 0.6) is 0 Å². The first kappa shape index (κ1) is 13.5. The number of nitrogens with zero attached hydrogens (tertiary/aromatic N) is 4. The molecule has 10 heteroatoms. The molecule has 104 valence electrons. The average molecular weight is 374 g/mol. The number of aryl methyl sites for hydroxylation is 1. The van der Waals surface area contributed by atoms with Crippen LogP contribution in [0.1, 0.15) is 5.82 Å². The number of hydrogen-bond donors (Lipinski definition) is 1. The molecule has 0 aliphatic carbocycles. The lowest BCUT2D eigenvalue weighted by Crippen LogP contribution is -2.13. The third kappa shape index (κ3) is 2.41. The van der Waals surface area contributed by atoms with Gasteiger partial charge in [0.05, 0.1) is 3.79 Å². The number of fused-ring (bicyclic) bond motifs is 1. The number of thiophene rings is 1. The first-order valence-corrected chi connectivity index (χ1v) is 8.52. The molecular formula is C10H8BrN5O2S2. The Morgan fingerprint density at radius 3 is 2.75 bits per heavy atom. The van der Waals surface area contributed by atoms with E-state index < -0.39 is 10.0 Å². The summed E-state index contributed by atoms with van der Waals surface area (Å²) >= 11 is 4.37. The SMILES string of the molecule is Cc1nnc2ccc(NS(=O)(=O)c3ccc(Br)s3)nn12. The molecule has 3 aromatic rings. The molecule has 0 saturated carbocycles. The fourth-order valence-electron chi connectivity index (χ4n) is 1.58. The van der Waals surface area contributed by atoms with Crippen molar-refractivity contribution >= 4 is 48.8 Å². The summed E-state index contributed by atoms with van der Waals surface area (Å²) in [6, 6.07) is 6.40. The van der Waals surface area contributed by atoms with Crippen molar-refractivity contribution in [3.05, 3.63) is 33.9 Å². The third-order valence-electron chi connectivity index (χ3n) is 2.47. The molecule has 7 nitrogen and oxygen atoms in total. The van der Waals surface area contributed by atoms with Gasteiger partial charge in [-0.05, 0) is 47.1 Å². The molecule has 0 saturated heterocycles. The van der Waals surface area contributed by atoms with Gasteiger partial charge in [-0.15, -0.1) is 26.6 Å². The molecule has 1 N–H and O–H groups in total. The van der Waals surface area contributed by atoms with Crippen molar-refractivity contribution in [3.63, 3.8) is 0 Å². The molecule has 0 unspecified atom stereocenters. The van der Waals surface area contributed by atoms with Crippen molar-refractivity contribution < 1.29 is 8.42 Å². The summed E-state index contributed by atoms with van der Waals surface area (Å²) in [6.07, 6.45) is 0. The molecule has 3 rings (SSSR count). The molecule has 0 fully saturated rings. The number of sulfonamides is 1. The molecule has 0 aromatic carbocycles. The summed E-state index contributed by atoms with van der Waals surface area (Å²) in [4.78, 5) is 0. The predicted molar refractivity (Wildman–Crippen MR) is 78.3 cm³/mol. The van der Waals surface area contributed by atoms with E-state index in [2.05, 4.69) is 35.9 Å². The quantitative estimate of drug-likeness (QED) is 0.758. The Balaban J connectivity index is 1.98. The van der Waals surface area contributed by atoms with Gasteiger partial charge < -0.3 is 0 Å². The second-order valence-corrected chi connectivity index (χ2v) is 8.27. The monoisotopic (exact) mass is 373 g/mol. The Kier molecular flexibility index (Phi) is 3.22. The van der Waals surface area contributed by atoms with Gasteiger partial charge >= 0.3 is 0 Å². The molecule has 0 bridgehead atoms. The first-order valence-electron chi connectivity index (χ1n) is 5.43. The zero-order valence-electron chi connectivity index (χ0n) is 10.1. The van der Waals surface area contributed by atoms with Gasteiger partial charge in [0.2, 0.25) is 0 Å². The standard InChI is InChI=1S/C10H8BrN5O2S2/c1-6-12-13-9-4-3-8(14-16(6)9)15-20(17,18)10-5-2-7(11)19-10/h2-5H,1H3,(H,14,15). The molecule has 0 aliphatic rings. The third-order valence-corrected chi connectivity index (χ3v) is 5.94. The summed E-state index contributed by atoms with van der Waals surface area (Å²) in [6.45, 7) is 1.74. The molecule has 3 aromatic heterocycles. The van der Waals surface area contributed by atoms with Crippen LogP contribution in [0.3, 0.4) is 0 Å². The van der Waals surface area contributed by atoms with Crippen molar-refractivity contribution in [1.82, 2.24) is 19.8 Å². The van der Waals surface area contributed by atoms with E-state index in [0.717, 1.165) is 15.1 Å². The van der Waals surface area contributed by atoms with Gasteiger partial charge in [-0.2, -0.15) is 4.52 Å². The molecule has 3 heterocycles. The predicted octanol–water partition coefficient (Wildman–Crippen LogP) is 2.06. The Morgan fingerprint density at radius 2 is 2.05 bits per heavy atom. The van der Waals surface area contributed by atoms with Gasteiger partial charge in [-0.3, -0.25) is 4.72 Å². The molecular weight excluding hydrogens is 366 g/mol. The van der Waals surface area contributed by atoms with Crippen LogP contribution in [-0.2, 0) is 10.0 Å². The second-order valence-electron chi connectivity index (χ2n) is 3.90. The topological polar surface area (TPSA) is 89.2 Å². The van der Waals surface area contributed by atoms with Crippen LogP contribution in [0.4, 0.5) is 5.82 Å². The zero-order valence-corrected chi connectivity index (χ0v) is 13.3. The minimum Gasteiger partial charge on any atom is -0.261 e. The van der Waals surface area contributed by atoms with Crippen LogP contribution >= 0.6 is 27.3 Å². The van der Waals surface area contributed by atoms with Gasteiger partial charge in [0, 0.05) is 0 Å². The highest BCUT2D eigenvalue weighted by molar-refractivity contribution is 9.11. The maximum Gasteiger partial charge on any atom is 0.272 e. The van der Waals surface area contributed by atoms with Crippen molar-refractivity contribution in [2.45, 2.75) is 11.1 Å². The maximum atomic E-state index is 12.2. The highest BCUT2D eigenvalue weighted by atomic mass is 79.9. The van der Waals surface area contributed by atoms with E-state index in [1.807, 2.05) is 0 Å². The highest BCUT2D eigenvalue weighted by Crippen LogP contribution is 2.27. The second kappa shape index (κ2) is 4.79. The van der Waals surface area contributed by atoms with Gasteiger partial charge in [-0.1, -0.05) is 0 Å². The Bertz CT molecular complexity index is 886. The Labute approximate surface area is 126 Å². The minimum atomic E-state index is -3.64. The Hall–Kier alpha value is -1.52. The normalized spacial score (nSPS) is 11.9. The molecule has 0 atom stereocenters. The Morgan fingerprint density at radius 1 is 1.25 bits per heavy atom. The van der Waals surface area contributed by atoms with Crippen molar-refractivity contribution in [2.75, 3.05) is 4.72 Å². The largest absolute Gasteiger partial charge is 0.272 e. The van der Waals surface area contributed by atoms with E-state index >= 15 is 0 Å². The van der Waals surface area contributed by atoms with Crippen LogP contribution in [0.25, 0.3) is 5.65 Å². The van der Waals surface area contributed by atoms with Crippen LogP contribution < -0.4 is 4.72 Å². The summed E-state index contributed by atoms with van der Waals surface area (Å²) in [5.74, 6) is 0.796. The molecule has 0 amide bonds. The lowest BCUT2D eigenvalue weighted by molar-refractivity contribution is 0.602. The molecule has 0 aliphatic heterocycles. The number of aromatic nitrogens is 4. The van der Waals surface area contributed by atoms with E-state index in [0.29, 0.717) is 11.5 Å². The summed E-state index contributed by atoms with van der Waals surface area (Å²) in [5, 5.41) is 11.9. The van der Waals surface area contributed by atoms with Crippen LogP contribution in [0, 0.1) is 6.92 Å². The van der Waals surface area contributed by atoms with Gasteiger partial charge in [-0.25, -0.2) is 8.42 Å². The number of hydrogen-bond acceptors (Lipinski definition) is 6. The van der Waals surface area contributed by atoms with Gasteiger partial charge in [0.1, 0.15) is 4.21 Å². The molecule has 0 radical (unpaired) electrons. The van der Waals surface area contributed by atoms with E-state index in [1.165, 1.54) is 10.6 Å². The summed E-state index contributed by atoms with van der Waals surface area (Å²) < 4.78 is 29.2. The van der Waals surface area contributed by atoms with Crippen LogP contribution in [0.2, 0.25) is 0 Å². The van der Waals surface area contributed by atoms with E-state index in [1.54, 1.807) is 25.1 Å². The first-order chi connectivity index (χ1) is 9.45. The maximum absolute atomic E-state index is 12.2. The van der Waals surface area contributed by atoms with E-state index in [-0.39, 0.29) is 10.0 Å². The number of anilines is 1. The van der Waals surface area contributed by atoms with Crippen molar-refractivity contribution in [3.8, 4) is 0 Å². The highest BCUT2D eigenvalue weighted by Gasteiger charge is 2.17. The number of rotatable bonds is 3. The lowest BCUT2D eigenvalue weighted by Gasteiger charge is -2.05.